The lowest BCUT2D eigenvalue weighted by Crippen LogP contribution is -2.47. The van der Waals surface area contributed by atoms with Crippen LogP contribution in [0.15, 0.2) is 24.3 Å². The predicted octanol–water partition coefficient (Wildman–Crippen LogP) is 0.625. The number of hydrogen-bond acceptors (Lipinski definition) is 5. The van der Waals surface area contributed by atoms with Crippen LogP contribution < -0.4 is 5.32 Å². The molecule has 2 aliphatic heterocycles. The first-order chi connectivity index (χ1) is 13.9. The van der Waals surface area contributed by atoms with Crippen LogP contribution in [0, 0.1) is 12.8 Å². The zero-order chi connectivity index (χ0) is 20.9. The molecule has 9 heteroatoms. The van der Waals surface area contributed by atoms with Crippen LogP contribution in [0.1, 0.15) is 28.8 Å². The maximum Gasteiger partial charge on any atom is 0.253 e. The van der Waals surface area contributed by atoms with Crippen LogP contribution in [-0.4, -0.2) is 81.1 Å². The highest BCUT2D eigenvalue weighted by Crippen LogP contribution is 2.19. The Hall–Kier alpha value is -1.97. The third kappa shape index (κ3) is 5.77. The number of rotatable bonds is 6. The van der Waals surface area contributed by atoms with Crippen LogP contribution in [0.25, 0.3) is 0 Å². The second-order valence-electron chi connectivity index (χ2n) is 7.57. The number of amides is 2. The molecule has 0 radical (unpaired) electrons. The Labute approximate surface area is 172 Å². The van der Waals surface area contributed by atoms with E-state index in [1.807, 2.05) is 19.1 Å². The van der Waals surface area contributed by atoms with Crippen molar-refractivity contribution in [2.24, 2.45) is 5.92 Å². The van der Waals surface area contributed by atoms with E-state index in [2.05, 4.69) is 5.32 Å². The van der Waals surface area contributed by atoms with E-state index in [0.29, 0.717) is 51.4 Å². The van der Waals surface area contributed by atoms with Crippen molar-refractivity contribution in [1.82, 2.24) is 14.5 Å². The number of benzene rings is 1. The molecule has 1 unspecified atom stereocenters. The summed E-state index contributed by atoms with van der Waals surface area (Å²) in [6, 6.07) is 7.40. The number of likely N-dealkylation sites (tertiary alicyclic amines) is 1. The Morgan fingerprint density at radius 3 is 2.52 bits per heavy atom. The Bertz CT molecular complexity index is 819. The number of piperidine rings is 1. The fourth-order valence-electron chi connectivity index (χ4n) is 3.66. The van der Waals surface area contributed by atoms with E-state index in [0.717, 1.165) is 12.0 Å². The molecule has 29 heavy (non-hydrogen) atoms. The Morgan fingerprint density at radius 2 is 1.83 bits per heavy atom. The van der Waals surface area contributed by atoms with Crippen molar-refractivity contribution in [3.8, 4) is 0 Å². The van der Waals surface area contributed by atoms with Gasteiger partial charge < -0.3 is 15.0 Å². The van der Waals surface area contributed by atoms with Crippen LogP contribution in [0.4, 0.5) is 0 Å². The number of nitrogens with zero attached hydrogens (tertiary/aromatic N) is 2. The highest BCUT2D eigenvalue weighted by Gasteiger charge is 2.29. The van der Waals surface area contributed by atoms with Gasteiger partial charge in [0.2, 0.25) is 15.9 Å². The normalized spacial score (nSPS) is 21.0. The van der Waals surface area contributed by atoms with Crippen molar-refractivity contribution in [2.75, 3.05) is 51.7 Å². The van der Waals surface area contributed by atoms with Gasteiger partial charge in [-0.15, -0.1) is 0 Å². The third-order valence-electron chi connectivity index (χ3n) is 5.40. The highest BCUT2D eigenvalue weighted by atomic mass is 32.2. The van der Waals surface area contributed by atoms with Gasteiger partial charge in [-0.2, -0.15) is 4.31 Å². The lowest BCUT2D eigenvalue weighted by atomic mass is 9.96. The van der Waals surface area contributed by atoms with Gasteiger partial charge in [-0.25, -0.2) is 8.42 Å². The van der Waals surface area contributed by atoms with Crippen molar-refractivity contribution in [3.63, 3.8) is 0 Å². The number of ether oxygens (including phenoxy) is 1. The summed E-state index contributed by atoms with van der Waals surface area (Å²) >= 11 is 0. The minimum Gasteiger partial charge on any atom is -0.379 e. The molecule has 1 aromatic carbocycles. The van der Waals surface area contributed by atoms with E-state index in [9.17, 15) is 18.0 Å². The summed E-state index contributed by atoms with van der Waals surface area (Å²) in [6.45, 7) is 4.54. The molecule has 0 aliphatic carbocycles. The minimum atomic E-state index is -3.40. The summed E-state index contributed by atoms with van der Waals surface area (Å²) in [5.41, 5.74) is 1.71. The molecule has 2 saturated heterocycles. The molecule has 8 nitrogen and oxygen atoms in total. The molecule has 160 valence electrons. The molecule has 1 atom stereocenters. The molecule has 0 aromatic heterocycles. The number of carbonyl (C=O) groups excluding carboxylic acids is 2. The number of morpholine rings is 1. The molecule has 2 amide bonds. The van der Waals surface area contributed by atoms with Gasteiger partial charge in [-0.1, -0.05) is 17.7 Å². The van der Waals surface area contributed by atoms with E-state index < -0.39 is 10.0 Å². The third-order valence-corrected chi connectivity index (χ3v) is 7.27. The standard InChI is InChI=1S/C20H29N3O5S/c1-16-4-6-17(7-5-16)20(25)22-9-2-3-18(15-22)19(24)21-8-14-29(26,27)23-10-12-28-13-11-23/h4-7,18H,2-3,8-15H2,1H3,(H,21,24). The molecule has 2 fully saturated rings. The van der Waals surface area contributed by atoms with Crippen LogP contribution >= 0.6 is 0 Å². The van der Waals surface area contributed by atoms with Gasteiger partial charge >= 0.3 is 0 Å². The first-order valence-electron chi connectivity index (χ1n) is 10.1. The molecule has 0 saturated carbocycles. The fraction of sp³-hybridized carbons (Fsp3) is 0.600. The number of hydrogen-bond donors (Lipinski definition) is 1. The zero-order valence-corrected chi connectivity index (χ0v) is 17.6. The average Bonchev–Trinajstić information content (AvgIpc) is 2.74. The summed E-state index contributed by atoms with van der Waals surface area (Å²) in [5, 5.41) is 2.74. The van der Waals surface area contributed by atoms with E-state index in [4.69, 9.17) is 4.74 Å². The molecular weight excluding hydrogens is 394 g/mol. The van der Waals surface area contributed by atoms with Crippen LogP contribution in [0.2, 0.25) is 0 Å². The summed E-state index contributed by atoms with van der Waals surface area (Å²) < 4.78 is 31.2. The van der Waals surface area contributed by atoms with Gasteiger partial charge in [0.15, 0.2) is 0 Å². The van der Waals surface area contributed by atoms with Crippen LogP contribution in [0.3, 0.4) is 0 Å². The Kier molecular flexibility index (Phi) is 7.26. The molecule has 0 bridgehead atoms. The molecule has 2 heterocycles. The Morgan fingerprint density at radius 1 is 1.14 bits per heavy atom. The quantitative estimate of drug-likeness (QED) is 0.724. The fourth-order valence-corrected chi connectivity index (χ4v) is 4.98. The lowest BCUT2D eigenvalue weighted by molar-refractivity contribution is -0.126. The summed E-state index contributed by atoms with van der Waals surface area (Å²) in [4.78, 5) is 26.9. The number of carbonyl (C=O) groups is 2. The largest absolute Gasteiger partial charge is 0.379 e. The van der Waals surface area contributed by atoms with E-state index >= 15 is 0 Å². The smallest absolute Gasteiger partial charge is 0.253 e. The second kappa shape index (κ2) is 9.69. The van der Waals surface area contributed by atoms with Gasteiger partial charge in [0.1, 0.15) is 0 Å². The van der Waals surface area contributed by atoms with Crippen molar-refractivity contribution in [3.05, 3.63) is 35.4 Å². The SMILES string of the molecule is Cc1ccc(C(=O)N2CCCC(C(=O)NCCS(=O)(=O)N3CCOCC3)C2)cc1. The molecule has 1 N–H and O–H groups in total. The predicted molar refractivity (Wildman–Crippen MR) is 109 cm³/mol. The first kappa shape index (κ1) is 21.7. The molecule has 1 aromatic rings. The minimum absolute atomic E-state index is 0.0704. The maximum atomic E-state index is 12.7. The topological polar surface area (TPSA) is 96.0 Å². The van der Waals surface area contributed by atoms with E-state index in [1.165, 1.54) is 4.31 Å². The molecule has 2 aliphatic rings. The molecule has 0 spiro atoms. The van der Waals surface area contributed by atoms with Crippen molar-refractivity contribution in [1.29, 1.82) is 0 Å². The van der Waals surface area contributed by atoms with E-state index in [1.54, 1.807) is 17.0 Å². The van der Waals surface area contributed by atoms with Crippen molar-refractivity contribution >= 4 is 21.8 Å². The van der Waals surface area contributed by atoms with Gasteiger partial charge in [0, 0.05) is 38.3 Å². The highest BCUT2D eigenvalue weighted by molar-refractivity contribution is 7.89. The van der Waals surface area contributed by atoms with Gasteiger partial charge in [-0.05, 0) is 31.9 Å². The zero-order valence-electron chi connectivity index (χ0n) is 16.8. The van der Waals surface area contributed by atoms with Crippen molar-refractivity contribution < 1.29 is 22.7 Å². The lowest BCUT2D eigenvalue weighted by Gasteiger charge is -2.32. The van der Waals surface area contributed by atoms with Gasteiger partial charge in [0.25, 0.3) is 5.91 Å². The van der Waals surface area contributed by atoms with E-state index in [-0.39, 0.29) is 30.0 Å². The van der Waals surface area contributed by atoms with Crippen LogP contribution in [0.5, 0.6) is 0 Å². The van der Waals surface area contributed by atoms with Crippen LogP contribution in [-0.2, 0) is 19.6 Å². The molecular formula is C20H29N3O5S. The first-order valence-corrected chi connectivity index (χ1v) is 11.7. The van der Waals surface area contributed by atoms with Crippen molar-refractivity contribution in [2.45, 2.75) is 19.8 Å². The average molecular weight is 424 g/mol. The Balaban J connectivity index is 1.49. The summed E-state index contributed by atoms with van der Waals surface area (Å²) in [6.07, 6.45) is 1.45. The summed E-state index contributed by atoms with van der Waals surface area (Å²) in [5.74, 6) is -0.706. The number of nitrogens with one attached hydrogen (secondary N) is 1. The molecule has 3 rings (SSSR count). The van der Waals surface area contributed by atoms with Gasteiger partial charge in [-0.3, -0.25) is 9.59 Å². The number of sulfonamides is 1. The monoisotopic (exact) mass is 423 g/mol. The number of aryl methyl sites for hydroxylation is 1. The summed E-state index contributed by atoms with van der Waals surface area (Å²) in [7, 11) is -3.40. The maximum absolute atomic E-state index is 12.7. The van der Waals surface area contributed by atoms with Gasteiger partial charge in [0.05, 0.1) is 24.9 Å². The second-order valence-corrected chi connectivity index (χ2v) is 9.66.